The molecule has 3 rings (SSSR count). The minimum Gasteiger partial charge on any atom is -0.367 e. The van der Waals surface area contributed by atoms with Crippen molar-refractivity contribution in [2.75, 3.05) is 26.2 Å². The Balaban J connectivity index is 1.49. The molecule has 2 aromatic rings. The van der Waals surface area contributed by atoms with Crippen LogP contribution in [0.25, 0.3) is 11.3 Å². The number of benzene rings is 1. The summed E-state index contributed by atoms with van der Waals surface area (Å²) in [6, 6.07) is 9.34. The van der Waals surface area contributed by atoms with Gasteiger partial charge in [0.25, 0.3) is 0 Å². The fourth-order valence-corrected chi connectivity index (χ4v) is 4.08. The van der Waals surface area contributed by atoms with Crippen molar-refractivity contribution in [1.29, 1.82) is 5.26 Å². The molecule has 2 atom stereocenters. The van der Waals surface area contributed by atoms with E-state index < -0.39 is 0 Å². The highest BCUT2D eigenvalue weighted by Gasteiger charge is 2.28. The molecule has 1 aliphatic heterocycles. The highest BCUT2D eigenvalue weighted by atomic mass is 32.1. The van der Waals surface area contributed by atoms with Gasteiger partial charge in [-0.15, -0.1) is 11.3 Å². The first-order valence-corrected chi connectivity index (χ1v) is 11.2. The summed E-state index contributed by atoms with van der Waals surface area (Å²) in [6.07, 6.45) is 1.38. The van der Waals surface area contributed by atoms with E-state index in [2.05, 4.69) is 16.4 Å². The zero-order valence-corrected chi connectivity index (χ0v) is 18.4. The zero-order valence-electron chi connectivity index (χ0n) is 17.5. The average Bonchev–Trinajstić information content (AvgIpc) is 3.30. The summed E-state index contributed by atoms with van der Waals surface area (Å²) >= 11 is 1.48. The normalized spacial score (nSPS) is 17.1. The number of hydrogen-bond donors (Lipinski definition) is 2. The van der Waals surface area contributed by atoms with Gasteiger partial charge in [0.2, 0.25) is 11.8 Å². The Hall–Kier alpha value is -2.80. The van der Waals surface area contributed by atoms with Gasteiger partial charge in [0.05, 0.1) is 35.9 Å². The smallest absolute Gasteiger partial charge is 0.248 e. The molecule has 0 saturated carbocycles. The maximum absolute atomic E-state index is 12.6. The van der Waals surface area contributed by atoms with Crippen LogP contribution in [0, 0.1) is 17.2 Å². The van der Waals surface area contributed by atoms with Crippen molar-refractivity contribution in [1.82, 2.24) is 15.2 Å². The molecule has 8 nitrogen and oxygen atoms in total. The van der Waals surface area contributed by atoms with Crippen molar-refractivity contribution in [3.05, 3.63) is 40.2 Å². The van der Waals surface area contributed by atoms with E-state index in [1.807, 2.05) is 24.4 Å². The van der Waals surface area contributed by atoms with Crippen molar-refractivity contribution in [2.45, 2.75) is 32.4 Å². The monoisotopic (exact) mass is 441 g/mol. The van der Waals surface area contributed by atoms with Gasteiger partial charge in [-0.05, 0) is 31.9 Å². The predicted molar refractivity (Wildman–Crippen MR) is 118 cm³/mol. The molecule has 0 radical (unpaired) electrons. The molecule has 1 aliphatic rings. The Labute approximate surface area is 186 Å². The number of likely N-dealkylation sites (tertiary alicyclic amines) is 1. The molecule has 164 valence electrons. The van der Waals surface area contributed by atoms with Crippen LogP contribution in [0.3, 0.4) is 0 Å². The number of hydrogen-bond acceptors (Lipinski definition) is 7. The van der Waals surface area contributed by atoms with Crippen molar-refractivity contribution in [2.24, 2.45) is 11.7 Å². The lowest BCUT2D eigenvalue weighted by molar-refractivity contribution is -0.141. The molecule has 1 saturated heterocycles. The molecule has 1 aromatic carbocycles. The van der Waals surface area contributed by atoms with Crippen molar-refractivity contribution in [3.63, 3.8) is 0 Å². The van der Waals surface area contributed by atoms with E-state index in [0.29, 0.717) is 31.7 Å². The van der Waals surface area contributed by atoms with E-state index in [1.165, 1.54) is 11.3 Å². The first-order valence-electron chi connectivity index (χ1n) is 10.3. The van der Waals surface area contributed by atoms with E-state index in [-0.39, 0.29) is 30.4 Å². The van der Waals surface area contributed by atoms with Gasteiger partial charge in [-0.25, -0.2) is 4.98 Å². The van der Waals surface area contributed by atoms with E-state index in [1.54, 1.807) is 17.0 Å². The minimum atomic E-state index is -0.234. The molecule has 31 heavy (non-hydrogen) atoms. The van der Waals surface area contributed by atoms with Gasteiger partial charge >= 0.3 is 0 Å². The fraction of sp³-hybridized carbons (Fsp3) is 0.455. The number of carbonyl (C=O) groups is 2. The third-order valence-corrected chi connectivity index (χ3v) is 6.09. The first kappa shape index (κ1) is 22.9. The number of amides is 2. The summed E-state index contributed by atoms with van der Waals surface area (Å²) in [5.41, 5.74) is 7.86. The first-order chi connectivity index (χ1) is 15.0. The van der Waals surface area contributed by atoms with Crippen LogP contribution >= 0.6 is 11.3 Å². The number of nitrogens with zero attached hydrogens (tertiary/aromatic N) is 3. The van der Waals surface area contributed by atoms with Crippen molar-refractivity contribution < 1.29 is 14.3 Å². The van der Waals surface area contributed by atoms with Gasteiger partial charge in [0.15, 0.2) is 0 Å². The molecule has 0 aliphatic carbocycles. The third-order valence-electron chi connectivity index (χ3n) is 5.24. The average molecular weight is 442 g/mol. The summed E-state index contributed by atoms with van der Waals surface area (Å²) in [6.45, 7) is 3.57. The predicted octanol–water partition coefficient (Wildman–Crippen LogP) is 1.90. The second-order valence-corrected chi connectivity index (χ2v) is 8.51. The Kier molecular flexibility index (Phi) is 8.12. The van der Waals surface area contributed by atoms with Crippen LogP contribution in [-0.2, 0) is 20.9 Å². The van der Waals surface area contributed by atoms with Gasteiger partial charge < -0.3 is 20.7 Å². The number of nitrogens with one attached hydrogen (secondary N) is 1. The lowest BCUT2D eigenvalue weighted by Crippen LogP contribution is -2.46. The van der Waals surface area contributed by atoms with Crippen LogP contribution in [-0.4, -0.2) is 54.0 Å². The number of piperidine rings is 1. The van der Waals surface area contributed by atoms with E-state index >= 15 is 0 Å². The highest BCUT2D eigenvalue weighted by molar-refractivity contribution is 7.09. The molecule has 1 aromatic heterocycles. The molecule has 0 unspecified atom stereocenters. The largest absolute Gasteiger partial charge is 0.367 e. The topological polar surface area (TPSA) is 121 Å². The van der Waals surface area contributed by atoms with E-state index in [4.69, 9.17) is 15.7 Å². The van der Waals surface area contributed by atoms with Crippen LogP contribution in [0.2, 0.25) is 0 Å². The summed E-state index contributed by atoms with van der Waals surface area (Å²) < 4.78 is 5.42. The number of nitriles is 1. The number of nitrogens with two attached hydrogens (primary N) is 1. The molecule has 3 N–H and O–H groups in total. The van der Waals surface area contributed by atoms with Crippen LogP contribution in [0.4, 0.5) is 0 Å². The zero-order chi connectivity index (χ0) is 22.2. The third kappa shape index (κ3) is 6.34. The van der Waals surface area contributed by atoms with Gasteiger partial charge in [-0.1, -0.05) is 12.1 Å². The molecule has 2 heterocycles. The van der Waals surface area contributed by atoms with Crippen molar-refractivity contribution in [3.8, 4) is 17.3 Å². The second kappa shape index (κ2) is 11.0. The molecular weight excluding hydrogens is 414 g/mol. The quantitative estimate of drug-likeness (QED) is 0.645. The van der Waals surface area contributed by atoms with E-state index in [9.17, 15) is 9.59 Å². The lowest BCUT2D eigenvalue weighted by atomic mass is 9.97. The Bertz CT molecular complexity index is 937. The maximum atomic E-state index is 12.6. The van der Waals surface area contributed by atoms with Gasteiger partial charge in [-0.3, -0.25) is 9.59 Å². The van der Waals surface area contributed by atoms with E-state index in [0.717, 1.165) is 29.1 Å². The van der Waals surface area contributed by atoms with Crippen LogP contribution < -0.4 is 11.1 Å². The number of ether oxygens (including phenoxy) is 1. The molecular formula is C22H27N5O3S. The summed E-state index contributed by atoms with van der Waals surface area (Å²) in [4.78, 5) is 31.3. The van der Waals surface area contributed by atoms with Crippen LogP contribution in [0.5, 0.6) is 0 Å². The SMILES string of the molecule is C[C@H](CN)OCC(=O)N1CCC[C@H](C(=O)NCc2nc(-c3ccc(C#N)cc3)cs2)C1. The minimum absolute atomic E-state index is 0.00998. The summed E-state index contributed by atoms with van der Waals surface area (Å²) in [5.74, 6) is -0.406. The number of rotatable bonds is 8. The second-order valence-electron chi connectivity index (χ2n) is 7.57. The van der Waals surface area contributed by atoms with Gasteiger partial charge in [0.1, 0.15) is 11.6 Å². The molecule has 0 bridgehead atoms. The Morgan fingerprint density at radius 1 is 1.42 bits per heavy atom. The Morgan fingerprint density at radius 3 is 2.90 bits per heavy atom. The fourth-order valence-electron chi connectivity index (χ4n) is 3.34. The number of thiazole rings is 1. The molecule has 9 heteroatoms. The van der Waals surface area contributed by atoms with Crippen molar-refractivity contribution >= 4 is 23.2 Å². The standard InChI is InChI=1S/C22H27N5O3S/c1-15(9-23)30-13-21(28)27-8-2-3-18(12-27)22(29)25-11-20-26-19(14-31-20)17-6-4-16(10-24)5-7-17/h4-7,14-15,18H,2-3,8-9,11-13,23H2,1H3,(H,25,29)/t15-,18+/m1/s1. The van der Waals surface area contributed by atoms with Crippen LogP contribution in [0.15, 0.2) is 29.6 Å². The van der Waals surface area contributed by atoms with Gasteiger partial charge in [0, 0.05) is 30.6 Å². The molecule has 2 amide bonds. The number of carbonyl (C=O) groups excluding carboxylic acids is 2. The van der Waals surface area contributed by atoms with Crippen LogP contribution in [0.1, 0.15) is 30.3 Å². The summed E-state index contributed by atoms with van der Waals surface area (Å²) in [7, 11) is 0. The maximum Gasteiger partial charge on any atom is 0.248 e. The Morgan fingerprint density at radius 2 is 2.19 bits per heavy atom. The summed E-state index contributed by atoms with van der Waals surface area (Å²) in [5, 5.41) is 14.6. The molecule has 1 fully saturated rings. The lowest BCUT2D eigenvalue weighted by Gasteiger charge is -2.32. The highest BCUT2D eigenvalue weighted by Crippen LogP contribution is 2.23. The molecule has 0 spiro atoms. The number of aromatic nitrogens is 1. The van der Waals surface area contributed by atoms with Gasteiger partial charge in [-0.2, -0.15) is 5.26 Å².